The van der Waals surface area contributed by atoms with Gasteiger partial charge in [0.25, 0.3) is 5.91 Å². The number of amides is 3. The molecule has 2 fully saturated rings. The second kappa shape index (κ2) is 13.4. The first kappa shape index (κ1) is 31.4. The zero-order valence-corrected chi connectivity index (χ0v) is 27.1. The van der Waals surface area contributed by atoms with E-state index in [0.717, 1.165) is 55.8 Å². The number of thioether (sulfide) groups is 1. The van der Waals surface area contributed by atoms with Crippen LogP contribution in [-0.2, 0) is 14.4 Å². The summed E-state index contributed by atoms with van der Waals surface area (Å²) in [6.45, 7) is 7.51. The van der Waals surface area contributed by atoms with Crippen molar-refractivity contribution in [3.8, 4) is 0 Å². The number of likely N-dealkylation sites (tertiary alicyclic amines) is 1. The number of unbranched alkanes of at least 4 members (excludes halogenated alkanes) is 3. The lowest BCUT2D eigenvalue weighted by Crippen LogP contribution is -2.53. The van der Waals surface area contributed by atoms with Gasteiger partial charge in [-0.1, -0.05) is 55.3 Å². The zero-order valence-electron chi connectivity index (χ0n) is 26.3. The molecule has 45 heavy (non-hydrogen) atoms. The minimum Gasteiger partial charge on any atom is -0.396 e. The van der Waals surface area contributed by atoms with Crippen LogP contribution in [0.5, 0.6) is 0 Å². The van der Waals surface area contributed by atoms with E-state index in [0.29, 0.717) is 19.6 Å². The number of para-hydroxylation sites is 1. The summed E-state index contributed by atoms with van der Waals surface area (Å²) in [5.74, 6) is -1.46. The van der Waals surface area contributed by atoms with Gasteiger partial charge in [0.2, 0.25) is 11.8 Å². The van der Waals surface area contributed by atoms with Gasteiger partial charge in [-0.25, -0.2) is 0 Å². The second-order valence-corrected chi connectivity index (χ2v) is 13.8. The molecule has 1 spiro atoms. The Bertz CT molecular complexity index is 1440. The molecule has 2 aromatic carbocycles. The lowest BCUT2D eigenvalue weighted by molar-refractivity contribution is -0.138. The van der Waals surface area contributed by atoms with Crippen LogP contribution in [-0.4, -0.2) is 83.1 Å². The van der Waals surface area contributed by atoms with Crippen LogP contribution in [0.2, 0.25) is 0 Å². The highest BCUT2D eigenvalue weighted by Gasteiger charge is 2.71. The first-order chi connectivity index (χ1) is 21.9. The van der Waals surface area contributed by atoms with Gasteiger partial charge in [-0.15, -0.1) is 11.8 Å². The molecule has 0 bridgehead atoms. The monoisotopic (exact) mass is 628 g/mol. The van der Waals surface area contributed by atoms with Crippen LogP contribution in [0.15, 0.2) is 78.9 Å². The number of carbonyl (C=O) groups excluding carboxylic acids is 3. The van der Waals surface area contributed by atoms with Crippen molar-refractivity contribution >= 4 is 46.5 Å². The van der Waals surface area contributed by atoms with E-state index in [2.05, 4.69) is 43.0 Å². The number of anilines is 3. The van der Waals surface area contributed by atoms with Crippen molar-refractivity contribution in [2.75, 3.05) is 54.0 Å². The summed E-state index contributed by atoms with van der Waals surface area (Å²) >= 11 is 1.62. The molecule has 9 heteroatoms. The smallest absolute Gasteiger partial charge is 0.251 e. The van der Waals surface area contributed by atoms with Crippen molar-refractivity contribution < 1.29 is 19.5 Å². The van der Waals surface area contributed by atoms with Gasteiger partial charge in [0.1, 0.15) is 6.04 Å². The fraction of sp³-hybridized carbons (Fsp3) is 0.472. The Labute approximate surface area is 270 Å². The van der Waals surface area contributed by atoms with E-state index in [4.69, 9.17) is 0 Å². The number of rotatable bonds is 11. The lowest BCUT2D eigenvalue weighted by atomic mass is 9.78. The van der Waals surface area contributed by atoms with Gasteiger partial charge in [0, 0.05) is 61.6 Å². The number of aliphatic hydroxyl groups is 1. The average Bonchev–Trinajstić information content (AvgIpc) is 3.37. The van der Waals surface area contributed by atoms with Crippen LogP contribution in [0, 0.1) is 11.8 Å². The molecule has 5 atom stereocenters. The maximum absolute atomic E-state index is 14.7. The number of aliphatic hydroxyl groups excluding tert-OH is 1. The predicted octanol–water partition coefficient (Wildman–Crippen LogP) is 4.89. The van der Waals surface area contributed by atoms with Crippen molar-refractivity contribution in [2.24, 2.45) is 11.8 Å². The zero-order chi connectivity index (χ0) is 31.6. The van der Waals surface area contributed by atoms with E-state index in [1.807, 2.05) is 54.6 Å². The number of fused-ring (bicyclic) bond motifs is 2. The highest BCUT2D eigenvalue weighted by molar-refractivity contribution is 8.02. The molecule has 2 aromatic rings. The number of benzene rings is 2. The second-order valence-electron chi connectivity index (χ2n) is 12.3. The third-order valence-electron chi connectivity index (χ3n) is 9.82. The molecular weight excluding hydrogens is 584 g/mol. The third kappa shape index (κ3) is 5.58. The Morgan fingerprint density at radius 1 is 0.822 bits per heavy atom. The fourth-order valence-electron chi connectivity index (χ4n) is 7.63. The molecule has 3 amide bonds. The maximum Gasteiger partial charge on any atom is 0.251 e. The molecule has 6 rings (SSSR count). The molecule has 2 saturated heterocycles. The Morgan fingerprint density at radius 2 is 1.49 bits per heavy atom. The molecule has 238 valence electrons. The molecule has 4 heterocycles. The van der Waals surface area contributed by atoms with E-state index in [1.165, 1.54) is 0 Å². The minimum atomic E-state index is -0.843. The Kier molecular flexibility index (Phi) is 9.38. The van der Waals surface area contributed by atoms with Gasteiger partial charge in [-0.2, -0.15) is 0 Å². The summed E-state index contributed by atoms with van der Waals surface area (Å²) in [6, 6.07) is 17.0. The summed E-state index contributed by atoms with van der Waals surface area (Å²) in [7, 11) is 0. The van der Waals surface area contributed by atoms with Crippen LogP contribution in [0.4, 0.5) is 17.1 Å². The summed E-state index contributed by atoms with van der Waals surface area (Å²) in [4.78, 5) is 51.3. The fourth-order valence-corrected chi connectivity index (χ4v) is 9.64. The van der Waals surface area contributed by atoms with Crippen LogP contribution < -0.4 is 14.7 Å². The quantitative estimate of drug-likeness (QED) is 0.282. The molecule has 0 aliphatic carbocycles. The van der Waals surface area contributed by atoms with E-state index < -0.39 is 22.6 Å². The van der Waals surface area contributed by atoms with Crippen molar-refractivity contribution in [1.82, 2.24) is 4.90 Å². The molecule has 4 aliphatic rings. The Hall–Kier alpha value is -3.56. The SMILES string of the molecule is CCN(CC)c1ccc(N2CC=C[C@]34S[C@H]5C=CCN(c6ccccc6)C(=O)[C@H]5[C@H]3C(=O)N(CCCCCCO)C4C2=O)cc1. The number of hydrogen-bond donors (Lipinski definition) is 1. The van der Waals surface area contributed by atoms with Gasteiger partial charge in [0.05, 0.1) is 16.6 Å². The topological polar surface area (TPSA) is 84.4 Å². The lowest BCUT2D eigenvalue weighted by Gasteiger charge is -2.35. The van der Waals surface area contributed by atoms with Crippen LogP contribution in [0.1, 0.15) is 39.5 Å². The van der Waals surface area contributed by atoms with E-state index in [-0.39, 0.29) is 29.6 Å². The molecule has 1 N–H and O–H groups in total. The molecule has 0 aromatic heterocycles. The number of nitrogens with zero attached hydrogens (tertiary/aromatic N) is 4. The standard InChI is InChI=1S/C36H44N4O4S/c1-3-37(4-2)26-17-19-28(20-18-26)39-24-13-21-36-31(34(43)40(32(36)35(39)44)22-10-5-6-11-25-41)30-29(45-36)16-12-23-38(33(30)42)27-14-8-7-9-15-27/h7-9,12-21,29-32,41H,3-6,10-11,22-25H2,1-2H3/t29-,30+,31-,32?,36-/m0/s1. The third-order valence-corrected chi connectivity index (χ3v) is 11.6. The van der Waals surface area contributed by atoms with Crippen molar-refractivity contribution in [2.45, 2.75) is 55.6 Å². The van der Waals surface area contributed by atoms with Gasteiger partial charge < -0.3 is 24.7 Å². The van der Waals surface area contributed by atoms with E-state index in [9.17, 15) is 19.5 Å². The van der Waals surface area contributed by atoms with Crippen molar-refractivity contribution in [1.29, 1.82) is 0 Å². The molecule has 1 unspecified atom stereocenters. The van der Waals surface area contributed by atoms with Crippen LogP contribution in [0.3, 0.4) is 0 Å². The Balaban J connectivity index is 1.36. The van der Waals surface area contributed by atoms with Gasteiger partial charge in [-0.3, -0.25) is 14.4 Å². The normalized spacial score (nSPS) is 27.4. The Morgan fingerprint density at radius 3 is 2.20 bits per heavy atom. The summed E-state index contributed by atoms with van der Waals surface area (Å²) < 4.78 is -0.843. The van der Waals surface area contributed by atoms with E-state index in [1.54, 1.807) is 26.5 Å². The molecule has 0 saturated carbocycles. The van der Waals surface area contributed by atoms with Crippen LogP contribution in [0.25, 0.3) is 0 Å². The van der Waals surface area contributed by atoms with Crippen LogP contribution >= 0.6 is 11.8 Å². The average molecular weight is 629 g/mol. The van der Waals surface area contributed by atoms with Gasteiger partial charge >= 0.3 is 0 Å². The van der Waals surface area contributed by atoms with Gasteiger partial charge in [-0.05, 0) is 63.1 Å². The van der Waals surface area contributed by atoms with Crippen molar-refractivity contribution in [3.63, 3.8) is 0 Å². The predicted molar refractivity (Wildman–Crippen MR) is 182 cm³/mol. The van der Waals surface area contributed by atoms with Gasteiger partial charge in [0.15, 0.2) is 0 Å². The molecule has 0 radical (unpaired) electrons. The minimum absolute atomic E-state index is 0.0589. The largest absolute Gasteiger partial charge is 0.396 e. The molecular formula is C36H44N4O4S. The molecule has 4 aliphatic heterocycles. The van der Waals surface area contributed by atoms with E-state index >= 15 is 0 Å². The summed E-state index contributed by atoms with van der Waals surface area (Å²) in [5.41, 5.74) is 2.73. The first-order valence-corrected chi connectivity index (χ1v) is 17.3. The highest BCUT2D eigenvalue weighted by Crippen LogP contribution is 2.61. The summed E-state index contributed by atoms with van der Waals surface area (Å²) in [5, 5.41) is 9.05. The number of carbonyl (C=O) groups is 3. The summed E-state index contributed by atoms with van der Waals surface area (Å²) in [6.07, 6.45) is 11.4. The first-order valence-electron chi connectivity index (χ1n) is 16.4. The van der Waals surface area contributed by atoms with Crippen molar-refractivity contribution in [3.05, 3.63) is 78.9 Å². The maximum atomic E-state index is 14.7. The number of hydrogen-bond acceptors (Lipinski definition) is 6. The highest BCUT2D eigenvalue weighted by atomic mass is 32.2. The molecule has 8 nitrogen and oxygen atoms in total.